The van der Waals surface area contributed by atoms with Crippen molar-refractivity contribution in [2.75, 3.05) is 32.6 Å². The van der Waals surface area contributed by atoms with Crippen molar-refractivity contribution in [3.8, 4) is 11.4 Å². The fourth-order valence-electron chi connectivity index (χ4n) is 3.41. The number of benzene rings is 1. The number of methoxy groups -OCH3 is 1. The van der Waals surface area contributed by atoms with Gasteiger partial charge in [0.05, 0.1) is 18.9 Å². The molecule has 1 aliphatic heterocycles. The predicted molar refractivity (Wildman–Crippen MR) is 111 cm³/mol. The fourth-order valence-corrected chi connectivity index (χ4v) is 4.28. The number of primary amides is 1. The number of ether oxygens (including phenoxy) is 1. The Morgan fingerprint density at radius 1 is 1.28 bits per heavy atom. The minimum Gasteiger partial charge on any atom is -0.383 e. The van der Waals surface area contributed by atoms with E-state index in [0.29, 0.717) is 44.2 Å². The first kappa shape index (κ1) is 21.3. The molecule has 3 rings (SSSR count). The molecule has 0 radical (unpaired) electrons. The Morgan fingerprint density at radius 2 is 2.03 bits per heavy atom. The molecule has 0 spiro atoms. The van der Waals surface area contributed by atoms with Crippen molar-refractivity contribution in [2.45, 2.75) is 31.5 Å². The standard InChI is InChI=1S/C20H27N5O3S/c1-14-4-3-5-16(12-14)19-22-23-20(25(19)10-11-28-2)29-13-17(26)24-8-6-15(7-9-24)18(21)27/h3-5,12,15H,6-11,13H2,1-2H3,(H2,21,27). The summed E-state index contributed by atoms with van der Waals surface area (Å²) in [5, 5.41) is 9.37. The molecule has 156 valence electrons. The molecule has 2 heterocycles. The maximum Gasteiger partial charge on any atom is 0.233 e. The summed E-state index contributed by atoms with van der Waals surface area (Å²) in [7, 11) is 1.66. The molecule has 0 unspecified atom stereocenters. The lowest BCUT2D eigenvalue weighted by Crippen LogP contribution is -2.42. The predicted octanol–water partition coefficient (Wildman–Crippen LogP) is 1.72. The van der Waals surface area contributed by atoms with Gasteiger partial charge in [0.15, 0.2) is 11.0 Å². The van der Waals surface area contributed by atoms with Gasteiger partial charge in [0, 0.05) is 31.7 Å². The zero-order valence-corrected chi connectivity index (χ0v) is 17.7. The number of nitrogens with two attached hydrogens (primary N) is 1. The summed E-state index contributed by atoms with van der Waals surface area (Å²) < 4.78 is 7.23. The van der Waals surface area contributed by atoms with Crippen LogP contribution < -0.4 is 5.73 Å². The fraction of sp³-hybridized carbons (Fsp3) is 0.500. The third kappa shape index (κ3) is 5.36. The van der Waals surface area contributed by atoms with E-state index in [1.54, 1.807) is 12.0 Å². The van der Waals surface area contributed by atoms with E-state index in [-0.39, 0.29) is 23.5 Å². The average molecular weight is 418 g/mol. The second-order valence-corrected chi connectivity index (χ2v) is 8.11. The molecule has 0 atom stereocenters. The summed E-state index contributed by atoms with van der Waals surface area (Å²) in [6.45, 7) is 4.30. The molecule has 29 heavy (non-hydrogen) atoms. The highest BCUT2D eigenvalue weighted by atomic mass is 32.2. The lowest BCUT2D eigenvalue weighted by molar-refractivity contribution is -0.132. The van der Waals surface area contributed by atoms with Crippen LogP contribution in [0.1, 0.15) is 18.4 Å². The van der Waals surface area contributed by atoms with Gasteiger partial charge in [0.25, 0.3) is 0 Å². The highest BCUT2D eigenvalue weighted by Gasteiger charge is 2.26. The van der Waals surface area contributed by atoms with Crippen LogP contribution in [0.15, 0.2) is 29.4 Å². The van der Waals surface area contributed by atoms with Crippen molar-refractivity contribution in [2.24, 2.45) is 11.7 Å². The monoisotopic (exact) mass is 417 g/mol. The molecule has 2 aromatic rings. The number of piperidine rings is 1. The summed E-state index contributed by atoms with van der Waals surface area (Å²) in [6, 6.07) is 8.10. The van der Waals surface area contributed by atoms with Crippen molar-refractivity contribution in [1.29, 1.82) is 0 Å². The molecule has 1 saturated heterocycles. The first-order chi connectivity index (χ1) is 14.0. The lowest BCUT2D eigenvalue weighted by Gasteiger charge is -2.30. The van der Waals surface area contributed by atoms with Crippen LogP contribution in [0.25, 0.3) is 11.4 Å². The zero-order chi connectivity index (χ0) is 20.8. The van der Waals surface area contributed by atoms with Crippen LogP contribution in [0.5, 0.6) is 0 Å². The Kier molecular flexibility index (Phi) is 7.27. The summed E-state index contributed by atoms with van der Waals surface area (Å²) in [5.41, 5.74) is 7.50. The topological polar surface area (TPSA) is 103 Å². The van der Waals surface area contributed by atoms with Gasteiger partial charge in [0.2, 0.25) is 11.8 Å². The minimum absolute atomic E-state index is 0.0383. The lowest BCUT2D eigenvalue weighted by atomic mass is 9.96. The number of likely N-dealkylation sites (tertiary alicyclic amines) is 1. The molecule has 0 bridgehead atoms. The van der Waals surface area contributed by atoms with E-state index < -0.39 is 0 Å². The van der Waals surface area contributed by atoms with Gasteiger partial charge in [-0.05, 0) is 25.8 Å². The van der Waals surface area contributed by atoms with E-state index in [0.717, 1.165) is 17.0 Å². The number of rotatable bonds is 8. The zero-order valence-electron chi connectivity index (χ0n) is 16.8. The number of aromatic nitrogens is 3. The molecule has 1 fully saturated rings. The molecular weight excluding hydrogens is 390 g/mol. The van der Waals surface area contributed by atoms with Gasteiger partial charge in [-0.15, -0.1) is 10.2 Å². The second-order valence-electron chi connectivity index (χ2n) is 7.17. The van der Waals surface area contributed by atoms with Crippen molar-refractivity contribution < 1.29 is 14.3 Å². The first-order valence-corrected chi connectivity index (χ1v) is 10.7. The number of aryl methyl sites for hydroxylation is 1. The van der Waals surface area contributed by atoms with Crippen LogP contribution in [-0.2, 0) is 20.9 Å². The molecule has 2 N–H and O–H groups in total. The highest BCUT2D eigenvalue weighted by molar-refractivity contribution is 7.99. The van der Waals surface area contributed by atoms with E-state index in [2.05, 4.69) is 16.3 Å². The smallest absolute Gasteiger partial charge is 0.233 e. The summed E-state index contributed by atoms with van der Waals surface area (Å²) in [5.74, 6) is 0.682. The van der Waals surface area contributed by atoms with Crippen molar-refractivity contribution in [1.82, 2.24) is 19.7 Å². The molecule has 8 nitrogen and oxygen atoms in total. The Balaban J connectivity index is 1.67. The van der Waals surface area contributed by atoms with Gasteiger partial charge in [-0.3, -0.25) is 14.2 Å². The Morgan fingerprint density at radius 3 is 2.69 bits per heavy atom. The number of hydrogen-bond acceptors (Lipinski definition) is 6. The number of carbonyl (C=O) groups excluding carboxylic acids is 2. The number of hydrogen-bond donors (Lipinski definition) is 1. The van der Waals surface area contributed by atoms with Crippen molar-refractivity contribution in [3.05, 3.63) is 29.8 Å². The quantitative estimate of drug-likeness (QED) is 0.656. The summed E-state index contributed by atoms with van der Waals surface area (Å²) in [4.78, 5) is 25.7. The van der Waals surface area contributed by atoms with Gasteiger partial charge in [-0.1, -0.05) is 35.5 Å². The van der Waals surface area contributed by atoms with Gasteiger partial charge in [-0.2, -0.15) is 0 Å². The number of nitrogens with zero attached hydrogens (tertiary/aromatic N) is 4. The SMILES string of the molecule is COCCn1c(SCC(=O)N2CCC(C(N)=O)CC2)nnc1-c1cccc(C)c1. The van der Waals surface area contributed by atoms with Crippen LogP contribution in [0.3, 0.4) is 0 Å². The molecular formula is C20H27N5O3S. The number of carbonyl (C=O) groups is 2. The number of amides is 2. The Hall–Kier alpha value is -2.39. The number of thioether (sulfide) groups is 1. The maximum absolute atomic E-state index is 12.6. The normalized spacial score (nSPS) is 14.9. The second kappa shape index (κ2) is 9.89. The molecule has 1 aromatic carbocycles. The molecule has 0 aliphatic carbocycles. The van der Waals surface area contributed by atoms with Crippen LogP contribution in [0.2, 0.25) is 0 Å². The van der Waals surface area contributed by atoms with Crippen LogP contribution in [0.4, 0.5) is 0 Å². The van der Waals surface area contributed by atoms with Crippen molar-refractivity contribution >= 4 is 23.6 Å². The van der Waals surface area contributed by atoms with Crippen LogP contribution in [0, 0.1) is 12.8 Å². The third-order valence-corrected chi connectivity index (χ3v) is 6.04. The molecule has 1 aromatic heterocycles. The van der Waals surface area contributed by atoms with E-state index >= 15 is 0 Å². The van der Waals surface area contributed by atoms with Gasteiger partial charge < -0.3 is 15.4 Å². The van der Waals surface area contributed by atoms with Gasteiger partial charge in [-0.25, -0.2) is 0 Å². The van der Waals surface area contributed by atoms with E-state index in [4.69, 9.17) is 10.5 Å². The Bertz CT molecular complexity index is 862. The summed E-state index contributed by atoms with van der Waals surface area (Å²) >= 11 is 1.38. The first-order valence-electron chi connectivity index (χ1n) is 9.68. The van der Waals surface area contributed by atoms with E-state index in [1.807, 2.05) is 29.7 Å². The Labute approximate surface area is 174 Å². The minimum atomic E-state index is -0.276. The summed E-state index contributed by atoms with van der Waals surface area (Å²) in [6.07, 6.45) is 1.26. The third-order valence-electron chi connectivity index (χ3n) is 5.09. The van der Waals surface area contributed by atoms with E-state index in [1.165, 1.54) is 11.8 Å². The van der Waals surface area contributed by atoms with Crippen molar-refractivity contribution in [3.63, 3.8) is 0 Å². The van der Waals surface area contributed by atoms with Gasteiger partial charge >= 0.3 is 0 Å². The maximum atomic E-state index is 12.6. The average Bonchev–Trinajstić information content (AvgIpc) is 3.13. The van der Waals surface area contributed by atoms with Gasteiger partial charge in [0.1, 0.15) is 0 Å². The highest BCUT2D eigenvalue weighted by Crippen LogP contribution is 2.25. The van der Waals surface area contributed by atoms with E-state index in [9.17, 15) is 9.59 Å². The largest absolute Gasteiger partial charge is 0.383 e. The molecule has 9 heteroatoms. The molecule has 1 aliphatic rings. The molecule has 2 amide bonds. The molecule has 0 saturated carbocycles. The van der Waals surface area contributed by atoms with Crippen LogP contribution in [-0.4, -0.2) is 64.0 Å². The van der Waals surface area contributed by atoms with Crippen LogP contribution >= 0.6 is 11.8 Å².